The number of aromatic carboxylic acids is 1. The van der Waals surface area contributed by atoms with Crippen molar-refractivity contribution in [1.29, 1.82) is 0 Å². The number of nitrogens with one attached hydrogen (secondary N) is 1. The van der Waals surface area contributed by atoms with Gasteiger partial charge in [-0.1, -0.05) is 42.8 Å². The van der Waals surface area contributed by atoms with E-state index in [0.717, 1.165) is 22.0 Å². The van der Waals surface area contributed by atoms with Crippen LogP contribution in [0.25, 0.3) is 10.9 Å². The van der Waals surface area contributed by atoms with E-state index in [9.17, 15) is 9.90 Å². The van der Waals surface area contributed by atoms with Crippen molar-refractivity contribution in [3.05, 3.63) is 70.4 Å². The van der Waals surface area contributed by atoms with Crippen LogP contribution in [-0.4, -0.2) is 21.7 Å². The Balaban J connectivity index is 1.78. The van der Waals surface area contributed by atoms with Gasteiger partial charge in [-0.2, -0.15) is 0 Å². The summed E-state index contributed by atoms with van der Waals surface area (Å²) in [7, 11) is 0. The molecule has 0 amide bonds. The first kappa shape index (κ1) is 17.8. The maximum atomic E-state index is 12.2. The number of carboxylic acid groups (broad SMARTS) is 1. The molecule has 0 aliphatic heterocycles. The van der Waals surface area contributed by atoms with Gasteiger partial charge in [0.2, 0.25) is 0 Å². The zero-order valence-corrected chi connectivity index (χ0v) is 16.0. The number of benzene rings is 2. The fourth-order valence-corrected chi connectivity index (χ4v) is 3.91. The van der Waals surface area contributed by atoms with Gasteiger partial charge in [-0.05, 0) is 49.4 Å². The van der Waals surface area contributed by atoms with Crippen LogP contribution in [0.1, 0.15) is 52.0 Å². The molecule has 0 bridgehead atoms. The third kappa shape index (κ3) is 3.37. The van der Waals surface area contributed by atoms with E-state index in [1.165, 1.54) is 30.4 Å². The highest BCUT2D eigenvalue weighted by molar-refractivity contribution is 5.98. The average Bonchev–Trinajstić information content (AvgIpc) is 2.91. The van der Waals surface area contributed by atoms with Crippen molar-refractivity contribution in [2.45, 2.75) is 52.2 Å². The number of aromatic nitrogens is 1. The van der Waals surface area contributed by atoms with Crippen LogP contribution in [0.2, 0.25) is 0 Å². The molecular formula is C23H26N2O2. The molecule has 4 heteroatoms. The molecule has 2 aromatic carbocycles. The molecule has 0 saturated heterocycles. The molecular weight excluding hydrogens is 336 g/mol. The minimum absolute atomic E-state index is 0.404. The van der Waals surface area contributed by atoms with Crippen molar-refractivity contribution in [2.24, 2.45) is 0 Å². The number of hydrogen-bond acceptors (Lipinski definition) is 2. The Morgan fingerprint density at radius 3 is 2.59 bits per heavy atom. The second-order valence-electron chi connectivity index (χ2n) is 7.66. The van der Waals surface area contributed by atoms with Gasteiger partial charge in [0.05, 0.1) is 0 Å². The van der Waals surface area contributed by atoms with Crippen LogP contribution >= 0.6 is 0 Å². The summed E-state index contributed by atoms with van der Waals surface area (Å²) < 4.78 is 1.96. The Bertz CT molecular complexity index is 999. The van der Waals surface area contributed by atoms with Crippen LogP contribution in [0.15, 0.2) is 42.5 Å². The Labute approximate surface area is 159 Å². The molecule has 3 aromatic rings. The van der Waals surface area contributed by atoms with Crippen molar-refractivity contribution >= 4 is 16.9 Å². The molecule has 0 spiro atoms. The summed E-state index contributed by atoms with van der Waals surface area (Å²) in [6.07, 6.45) is 3.63. The smallest absolute Gasteiger partial charge is 0.352 e. The predicted octanol–water partition coefficient (Wildman–Crippen LogP) is 4.65. The maximum absolute atomic E-state index is 12.2. The SMILES string of the molecule is Cc1ccc(Cn2c(C(=O)O)c(CNC3CCC3)c3ccccc32)cc1C. The quantitative estimate of drug-likeness (QED) is 0.671. The lowest BCUT2D eigenvalue weighted by molar-refractivity contribution is 0.0684. The van der Waals surface area contributed by atoms with E-state index < -0.39 is 5.97 Å². The van der Waals surface area contributed by atoms with E-state index in [0.29, 0.717) is 24.8 Å². The molecule has 0 atom stereocenters. The Morgan fingerprint density at radius 2 is 1.93 bits per heavy atom. The van der Waals surface area contributed by atoms with Gasteiger partial charge in [0, 0.05) is 35.6 Å². The second kappa shape index (κ2) is 7.20. The number of rotatable bonds is 6. The number of nitrogens with zero attached hydrogens (tertiary/aromatic N) is 1. The Morgan fingerprint density at radius 1 is 1.15 bits per heavy atom. The van der Waals surface area contributed by atoms with Crippen LogP contribution in [0.3, 0.4) is 0 Å². The minimum atomic E-state index is -0.861. The zero-order chi connectivity index (χ0) is 19.0. The summed E-state index contributed by atoms with van der Waals surface area (Å²) in [6, 6.07) is 14.9. The molecule has 1 heterocycles. The van der Waals surface area contributed by atoms with E-state index >= 15 is 0 Å². The molecule has 2 N–H and O–H groups in total. The third-order valence-corrected chi connectivity index (χ3v) is 5.86. The van der Waals surface area contributed by atoms with Gasteiger partial charge in [-0.15, -0.1) is 0 Å². The molecule has 140 valence electrons. The van der Waals surface area contributed by atoms with Crippen LogP contribution in [0.5, 0.6) is 0 Å². The summed E-state index contributed by atoms with van der Waals surface area (Å²) in [5, 5.41) is 14.6. The number of fused-ring (bicyclic) bond motifs is 1. The van der Waals surface area contributed by atoms with E-state index in [1.807, 2.05) is 28.8 Å². The minimum Gasteiger partial charge on any atom is -0.477 e. The first-order chi connectivity index (χ1) is 13.0. The van der Waals surface area contributed by atoms with Crippen molar-refractivity contribution in [2.75, 3.05) is 0 Å². The molecule has 0 radical (unpaired) electrons. The number of aryl methyl sites for hydroxylation is 2. The number of para-hydroxylation sites is 1. The summed E-state index contributed by atoms with van der Waals surface area (Å²) in [5.41, 5.74) is 5.89. The summed E-state index contributed by atoms with van der Waals surface area (Å²) in [5.74, 6) is -0.861. The molecule has 0 unspecified atom stereocenters. The molecule has 1 aromatic heterocycles. The standard InChI is InChI=1S/C23H26N2O2/c1-15-10-11-17(12-16(15)2)14-25-21-9-4-3-8-19(21)20(22(25)23(26)27)13-24-18-6-5-7-18/h3-4,8-12,18,24H,5-7,13-14H2,1-2H3,(H,26,27). The fraction of sp³-hybridized carbons (Fsp3) is 0.348. The molecule has 4 rings (SSSR count). The van der Waals surface area contributed by atoms with E-state index in [4.69, 9.17) is 0 Å². The fourth-order valence-electron chi connectivity index (χ4n) is 3.91. The van der Waals surface area contributed by atoms with E-state index in [2.05, 4.69) is 37.4 Å². The molecule has 4 nitrogen and oxygen atoms in total. The van der Waals surface area contributed by atoms with Gasteiger partial charge in [-0.25, -0.2) is 4.79 Å². The number of carboxylic acids is 1. The van der Waals surface area contributed by atoms with Gasteiger partial charge >= 0.3 is 5.97 Å². The van der Waals surface area contributed by atoms with Crippen LogP contribution < -0.4 is 5.32 Å². The van der Waals surface area contributed by atoms with Gasteiger partial charge in [0.15, 0.2) is 0 Å². The number of hydrogen-bond donors (Lipinski definition) is 2. The first-order valence-electron chi connectivity index (χ1n) is 9.67. The third-order valence-electron chi connectivity index (χ3n) is 5.86. The van der Waals surface area contributed by atoms with Crippen LogP contribution in [0, 0.1) is 13.8 Å². The highest BCUT2D eigenvalue weighted by atomic mass is 16.4. The van der Waals surface area contributed by atoms with Crippen LogP contribution in [0.4, 0.5) is 0 Å². The summed E-state index contributed by atoms with van der Waals surface area (Å²) in [6.45, 7) is 5.36. The molecule has 1 aliphatic carbocycles. The molecule has 1 fully saturated rings. The predicted molar refractivity (Wildman–Crippen MR) is 108 cm³/mol. The Hall–Kier alpha value is -2.59. The van der Waals surface area contributed by atoms with Crippen molar-refractivity contribution < 1.29 is 9.90 Å². The first-order valence-corrected chi connectivity index (χ1v) is 9.67. The van der Waals surface area contributed by atoms with Gasteiger partial charge in [0.1, 0.15) is 5.69 Å². The molecule has 27 heavy (non-hydrogen) atoms. The van der Waals surface area contributed by atoms with Crippen molar-refractivity contribution in [3.63, 3.8) is 0 Å². The van der Waals surface area contributed by atoms with E-state index in [1.54, 1.807) is 0 Å². The summed E-state index contributed by atoms with van der Waals surface area (Å²) in [4.78, 5) is 12.2. The lowest BCUT2D eigenvalue weighted by Crippen LogP contribution is -2.34. The average molecular weight is 362 g/mol. The largest absolute Gasteiger partial charge is 0.477 e. The maximum Gasteiger partial charge on any atom is 0.352 e. The topological polar surface area (TPSA) is 54.3 Å². The van der Waals surface area contributed by atoms with Gasteiger partial charge < -0.3 is 15.0 Å². The molecule has 1 saturated carbocycles. The monoisotopic (exact) mass is 362 g/mol. The highest BCUT2D eigenvalue weighted by Gasteiger charge is 2.24. The van der Waals surface area contributed by atoms with Crippen LogP contribution in [-0.2, 0) is 13.1 Å². The Kier molecular flexibility index (Phi) is 4.75. The van der Waals surface area contributed by atoms with Crippen molar-refractivity contribution in [3.8, 4) is 0 Å². The normalized spacial score (nSPS) is 14.4. The van der Waals surface area contributed by atoms with Gasteiger partial charge in [0.25, 0.3) is 0 Å². The lowest BCUT2D eigenvalue weighted by Gasteiger charge is -2.26. The highest BCUT2D eigenvalue weighted by Crippen LogP contribution is 2.29. The van der Waals surface area contributed by atoms with Gasteiger partial charge in [-0.3, -0.25) is 0 Å². The lowest BCUT2D eigenvalue weighted by atomic mass is 9.93. The molecule has 1 aliphatic rings. The summed E-state index contributed by atoms with van der Waals surface area (Å²) >= 11 is 0. The zero-order valence-electron chi connectivity index (χ0n) is 16.0. The van der Waals surface area contributed by atoms with E-state index in [-0.39, 0.29) is 0 Å². The second-order valence-corrected chi connectivity index (χ2v) is 7.66. The van der Waals surface area contributed by atoms with Crippen molar-refractivity contribution in [1.82, 2.24) is 9.88 Å². The number of carbonyl (C=O) groups is 1.